The highest BCUT2D eigenvalue weighted by Crippen LogP contribution is 2.26. The standard InChI is InChI=1S/C11H7ClN2O/c1-15-8-2-3-9-10(12)4-7(6-13)14-11(9)5-8/h2-5H,1H3. The topological polar surface area (TPSA) is 45.9 Å². The Bertz CT molecular complexity index is 560. The van der Waals surface area contributed by atoms with Gasteiger partial charge in [-0.25, -0.2) is 4.98 Å². The summed E-state index contributed by atoms with van der Waals surface area (Å²) in [4.78, 5) is 4.14. The maximum atomic E-state index is 8.75. The lowest BCUT2D eigenvalue weighted by atomic mass is 10.2. The summed E-state index contributed by atoms with van der Waals surface area (Å²) >= 11 is 6.00. The fraction of sp³-hybridized carbons (Fsp3) is 0.0909. The minimum absolute atomic E-state index is 0.306. The highest BCUT2D eigenvalue weighted by atomic mass is 35.5. The Hall–Kier alpha value is -1.79. The summed E-state index contributed by atoms with van der Waals surface area (Å²) in [7, 11) is 1.58. The molecule has 0 saturated heterocycles. The fourth-order valence-corrected chi connectivity index (χ4v) is 1.61. The molecule has 0 spiro atoms. The molecule has 0 atom stereocenters. The Labute approximate surface area is 91.9 Å². The van der Waals surface area contributed by atoms with Gasteiger partial charge in [-0.1, -0.05) is 11.6 Å². The van der Waals surface area contributed by atoms with Crippen LogP contribution < -0.4 is 4.74 Å². The summed E-state index contributed by atoms with van der Waals surface area (Å²) in [5, 5.41) is 10.1. The third kappa shape index (κ3) is 1.72. The Morgan fingerprint density at radius 3 is 2.87 bits per heavy atom. The van der Waals surface area contributed by atoms with Crippen molar-refractivity contribution in [3.8, 4) is 11.8 Å². The van der Waals surface area contributed by atoms with E-state index in [0.29, 0.717) is 22.0 Å². The van der Waals surface area contributed by atoms with Gasteiger partial charge in [0, 0.05) is 11.5 Å². The average molecular weight is 219 g/mol. The highest BCUT2D eigenvalue weighted by Gasteiger charge is 2.04. The van der Waals surface area contributed by atoms with E-state index < -0.39 is 0 Å². The molecule has 2 rings (SSSR count). The van der Waals surface area contributed by atoms with Crippen LogP contribution in [0.5, 0.6) is 5.75 Å². The van der Waals surface area contributed by atoms with Crippen molar-refractivity contribution >= 4 is 22.5 Å². The van der Waals surface area contributed by atoms with Crippen LogP contribution in [0.15, 0.2) is 24.3 Å². The number of methoxy groups -OCH3 is 1. The molecular weight excluding hydrogens is 212 g/mol. The molecule has 0 unspecified atom stereocenters. The second kappa shape index (κ2) is 3.76. The second-order valence-corrected chi connectivity index (χ2v) is 3.39. The van der Waals surface area contributed by atoms with Crippen molar-refractivity contribution in [1.82, 2.24) is 4.98 Å². The number of nitrogens with zero attached hydrogens (tertiary/aromatic N) is 2. The molecule has 0 radical (unpaired) electrons. The molecule has 15 heavy (non-hydrogen) atoms. The van der Waals surface area contributed by atoms with Gasteiger partial charge in [-0.3, -0.25) is 0 Å². The van der Waals surface area contributed by atoms with Crippen molar-refractivity contribution in [3.05, 3.63) is 35.0 Å². The van der Waals surface area contributed by atoms with Crippen LogP contribution in [0.4, 0.5) is 0 Å². The lowest BCUT2D eigenvalue weighted by Gasteiger charge is -2.03. The largest absolute Gasteiger partial charge is 0.497 e. The van der Waals surface area contributed by atoms with E-state index >= 15 is 0 Å². The maximum absolute atomic E-state index is 8.75. The summed E-state index contributed by atoms with van der Waals surface area (Å²) in [6, 6.07) is 8.90. The zero-order chi connectivity index (χ0) is 10.8. The van der Waals surface area contributed by atoms with E-state index in [2.05, 4.69) is 4.98 Å². The van der Waals surface area contributed by atoms with Gasteiger partial charge >= 0.3 is 0 Å². The van der Waals surface area contributed by atoms with E-state index in [4.69, 9.17) is 21.6 Å². The molecule has 0 N–H and O–H groups in total. The Balaban J connectivity index is 2.76. The molecule has 1 heterocycles. The average Bonchev–Trinajstić information content (AvgIpc) is 2.28. The minimum Gasteiger partial charge on any atom is -0.497 e. The van der Waals surface area contributed by atoms with E-state index in [9.17, 15) is 0 Å². The number of benzene rings is 1. The van der Waals surface area contributed by atoms with Crippen LogP contribution in [0, 0.1) is 11.3 Å². The lowest BCUT2D eigenvalue weighted by Crippen LogP contribution is -1.88. The van der Waals surface area contributed by atoms with Gasteiger partial charge in [-0.15, -0.1) is 0 Å². The Morgan fingerprint density at radius 2 is 2.20 bits per heavy atom. The number of aromatic nitrogens is 1. The molecule has 1 aromatic heterocycles. The van der Waals surface area contributed by atoms with Gasteiger partial charge in [-0.05, 0) is 18.2 Å². The quantitative estimate of drug-likeness (QED) is 0.740. The zero-order valence-electron chi connectivity index (χ0n) is 7.99. The molecule has 2 aromatic rings. The minimum atomic E-state index is 0.306. The van der Waals surface area contributed by atoms with Crippen LogP contribution >= 0.6 is 11.6 Å². The number of pyridine rings is 1. The molecule has 0 fully saturated rings. The number of halogens is 1. The van der Waals surface area contributed by atoms with E-state index in [-0.39, 0.29) is 0 Å². The number of hydrogen-bond donors (Lipinski definition) is 0. The molecular formula is C11H7ClN2O. The molecule has 3 nitrogen and oxygen atoms in total. The summed E-state index contributed by atoms with van der Waals surface area (Å²) in [5.41, 5.74) is 0.971. The van der Waals surface area contributed by atoms with Gasteiger partial charge in [0.25, 0.3) is 0 Å². The SMILES string of the molecule is COc1ccc2c(Cl)cc(C#N)nc2c1. The first-order valence-electron chi connectivity index (χ1n) is 4.29. The van der Waals surface area contributed by atoms with E-state index in [1.807, 2.05) is 18.2 Å². The summed E-state index contributed by atoms with van der Waals surface area (Å²) in [6.45, 7) is 0. The normalized spacial score (nSPS) is 9.93. The first-order valence-corrected chi connectivity index (χ1v) is 4.67. The van der Waals surface area contributed by atoms with E-state index in [1.54, 1.807) is 19.2 Å². The van der Waals surface area contributed by atoms with Crippen LogP contribution in [0.3, 0.4) is 0 Å². The summed E-state index contributed by atoms with van der Waals surface area (Å²) in [5.74, 6) is 0.696. The van der Waals surface area contributed by atoms with Crippen LogP contribution in [0.25, 0.3) is 10.9 Å². The van der Waals surface area contributed by atoms with E-state index in [1.165, 1.54) is 0 Å². The first kappa shape index (κ1) is 9.75. The Kier molecular flexibility index (Phi) is 2.44. The van der Waals surface area contributed by atoms with Gasteiger partial charge in [0.05, 0.1) is 17.6 Å². The molecule has 74 valence electrons. The molecule has 1 aromatic carbocycles. The van der Waals surface area contributed by atoms with Crippen LogP contribution in [-0.2, 0) is 0 Å². The predicted octanol–water partition coefficient (Wildman–Crippen LogP) is 2.77. The number of ether oxygens (including phenoxy) is 1. The second-order valence-electron chi connectivity index (χ2n) is 2.98. The van der Waals surface area contributed by atoms with Crippen molar-refractivity contribution in [2.45, 2.75) is 0 Å². The number of hydrogen-bond acceptors (Lipinski definition) is 3. The van der Waals surface area contributed by atoms with Gasteiger partial charge < -0.3 is 4.74 Å². The molecule has 0 amide bonds. The smallest absolute Gasteiger partial charge is 0.142 e. The third-order valence-electron chi connectivity index (χ3n) is 2.08. The van der Waals surface area contributed by atoms with Crippen molar-refractivity contribution < 1.29 is 4.74 Å². The Morgan fingerprint density at radius 1 is 1.40 bits per heavy atom. The molecule has 4 heteroatoms. The zero-order valence-corrected chi connectivity index (χ0v) is 8.75. The van der Waals surface area contributed by atoms with Crippen molar-refractivity contribution in [3.63, 3.8) is 0 Å². The predicted molar refractivity (Wildman–Crippen MR) is 58.0 cm³/mol. The van der Waals surface area contributed by atoms with Gasteiger partial charge in [0.1, 0.15) is 17.5 Å². The summed E-state index contributed by atoms with van der Waals surface area (Å²) in [6.07, 6.45) is 0. The van der Waals surface area contributed by atoms with Crippen LogP contribution in [0.2, 0.25) is 5.02 Å². The molecule has 0 aliphatic heterocycles. The van der Waals surface area contributed by atoms with Gasteiger partial charge in [0.2, 0.25) is 0 Å². The number of rotatable bonds is 1. The van der Waals surface area contributed by atoms with Gasteiger partial charge in [0.15, 0.2) is 0 Å². The fourth-order valence-electron chi connectivity index (χ4n) is 1.35. The van der Waals surface area contributed by atoms with Crippen molar-refractivity contribution in [2.24, 2.45) is 0 Å². The molecule has 0 bridgehead atoms. The lowest BCUT2D eigenvalue weighted by molar-refractivity contribution is 0.415. The number of nitriles is 1. The maximum Gasteiger partial charge on any atom is 0.142 e. The van der Waals surface area contributed by atoms with Crippen LogP contribution in [0.1, 0.15) is 5.69 Å². The third-order valence-corrected chi connectivity index (χ3v) is 2.39. The van der Waals surface area contributed by atoms with E-state index in [0.717, 1.165) is 5.39 Å². The first-order chi connectivity index (χ1) is 7.24. The highest BCUT2D eigenvalue weighted by molar-refractivity contribution is 6.35. The van der Waals surface area contributed by atoms with Crippen molar-refractivity contribution in [1.29, 1.82) is 5.26 Å². The van der Waals surface area contributed by atoms with Crippen LogP contribution in [-0.4, -0.2) is 12.1 Å². The molecule has 0 aliphatic rings. The monoisotopic (exact) mass is 218 g/mol. The van der Waals surface area contributed by atoms with Crippen molar-refractivity contribution in [2.75, 3.05) is 7.11 Å². The van der Waals surface area contributed by atoms with Gasteiger partial charge in [-0.2, -0.15) is 5.26 Å². The summed E-state index contributed by atoms with van der Waals surface area (Å²) < 4.78 is 5.07. The molecule has 0 saturated carbocycles. The number of fused-ring (bicyclic) bond motifs is 1. The molecule has 0 aliphatic carbocycles.